The van der Waals surface area contributed by atoms with Gasteiger partial charge in [-0.15, -0.1) is 0 Å². The van der Waals surface area contributed by atoms with Gasteiger partial charge in [0.15, 0.2) is 5.96 Å². The molecule has 0 aliphatic heterocycles. The van der Waals surface area contributed by atoms with E-state index in [0.29, 0.717) is 63.4 Å². The van der Waals surface area contributed by atoms with Gasteiger partial charge in [0, 0.05) is 97.8 Å². The van der Waals surface area contributed by atoms with Crippen LogP contribution in [0.3, 0.4) is 0 Å². The lowest BCUT2D eigenvalue weighted by molar-refractivity contribution is -0.137. The fourth-order valence-electron chi connectivity index (χ4n) is 13.4. The number of aliphatic hydroxyl groups is 1. The van der Waals surface area contributed by atoms with Gasteiger partial charge in [0.1, 0.15) is 84.9 Å². The quantitative estimate of drug-likeness (QED) is 0.00734. The van der Waals surface area contributed by atoms with Crippen LogP contribution in [0.5, 0.6) is 5.75 Å². The highest BCUT2D eigenvalue weighted by Crippen LogP contribution is 2.23. The summed E-state index contributed by atoms with van der Waals surface area (Å²) in [4.78, 5) is 241. The number of carbonyl (C=O) groups excluding carboxylic acids is 17. The Morgan fingerprint density at radius 1 is 0.434 bits per heavy atom. The van der Waals surface area contributed by atoms with E-state index in [4.69, 9.17) is 38.8 Å². The number of nitrogens with two attached hydrogens (primary N) is 5. The average molecular weight is 1830 g/mol. The molecular weight excluding hydrogens is 1720 g/mol. The van der Waals surface area contributed by atoms with Crippen LogP contribution in [-0.2, 0) is 112 Å². The van der Waals surface area contributed by atoms with Crippen LogP contribution in [0, 0.1) is 11.3 Å². The number of unbranched alkanes of at least 4 members (excludes halogenated alkanes) is 1. The molecule has 43 nitrogen and oxygen atoms in total. The van der Waals surface area contributed by atoms with Crippen LogP contribution in [0.2, 0.25) is 0 Å². The van der Waals surface area contributed by atoms with Gasteiger partial charge in [0.25, 0.3) is 0 Å². The molecule has 4 aromatic carbocycles. The molecule has 0 bridgehead atoms. The molecule has 17 amide bonds. The molecule has 0 aliphatic rings. The molecule has 6 aromatic rings. The fraction of sp³-hybridized carbons (Fsp3) is 0.452. The topological polar surface area (TPSA) is 706 Å². The zero-order valence-electron chi connectivity index (χ0n) is 71.7. The first-order chi connectivity index (χ1) is 61.4. The maximum atomic E-state index is 15.4. The molecule has 0 spiro atoms. The first-order valence-corrected chi connectivity index (χ1v) is 42.8. The van der Waals surface area contributed by atoms with E-state index in [-0.39, 0.29) is 76.1 Å². The summed E-state index contributed by atoms with van der Waals surface area (Å²) in [6.45, 7) is 4.50. The summed E-state index contributed by atoms with van der Waals surface area (Å²) in [7, 11) is 0. The molecule has 0 unspecified atom stereocenters. The Morgan fingerprint density at radius 3 is 1.39 bits per heavy atom. The summed E-state index contributed by atoms with van der Waals surface area (Å²) >= 11 is 8.46. The van der Waals surface area contributed by atoms with Crippen molar-refractivity contribution < 1.29 is 96.5 Å². The minimum atomic E-state index is -1.96. The van der Waals surface area contributed by atoms with Gasteiger partial charge in [-0.25, -0.2) is 0 Å². The van der Waals surface area contributed by atoms with Gasteiger partial charge in [-0.05, 0) is 104 Å². The van der Waals surface area contributed by atoms with E-state index in [9.17, 15) is 82.1 Å². The Morgan fingerprint density at radius 2 is 0.876 bits per heavy atom. The highest BCUT2D eigenvalue weighted by molar-refractivity contribution is 7.80. The molecule has 2 aromatic heterocycles. The maximum absolute atomic E-state index is 15.4. The Kier molecular flexibility index (Phi) is 43.1. The number of nitrogens with one attached hydrogen (secondary N) is 18. The summed E-state index contributed by atoms with van der Waals surface area (Å²) in [5.41, 5.74) is 30.6. The van der Waals surface area contributed by atoms with E-state index >= 15 is 9.59 Å². The highest BCUT2D eigenvalue weighted by Gasteiger charge is 2.39. The summed E-state index contributed by atoms with van der Waals surface area (Å²) < 4.78 is 5.36. The average Bonchev–Trinajstić information content (AvgIpc) is 1.69. The predicted octanol–water partition coefficient (Wildman–Crippen LogP) is -5.37. The van der Waals surface area contributed by atoms with Crippen LogP contribution < -0.4 is 108 Å². The van der Waals surface area contributed by atoms with Crippen molar-refractivity contribution in [1.29, 1.82) is 5.41 Å². The number of thiol groups is 2. The van der Waals surface area contributed by atoms with Gasteiger partial charge >= 0.3 is 0 Å². The van der Waals surface area contributed by atoms with E-state index < -0.39 is 229 Å². The van der Waals surface area contributed by atoms with Gasteiger partial charge in [-0.2, -0.15) is 25.3 Å². The summed E-state index contributed by atoms with van der Waals surface area (Å²) in [6, 6.07) is 8.78. The number of aromatic amines is 2. The van der Waals surface area contributed by atoms with Crippen molar-refractivity contribution in [2.75, 3.05) is 50.9 Å². The fourth-order valence-corrected chi connectivity index (χ4v) is 13.9. The summed E-state index contributed by atoms with van der Waals surface area (Å²) in [5.74, 6) is -18.3. The van der Waals surface area contributed by atoms with Crippen LogP contribution in [0.1, 0.15) is 101 Å². The van der Waals surface area contributed by atoms with E-state index in [1.807, 2.05) is 0 Å². The standard InChI is InChI=1S/C84H117N23O20S2/c1-44(2)70(82(125)103-59(33-47-15-6-5-7-16-47)73(116)95-40-68(113)91-31-32-127-41-69(114)97-56(72(88)115)21-12-13-29-85)106-75(118)57(22-14-30-92-84(89)90)98-77(120)61(35-49-38-93-54-19-10-8-17-52(49)54)101-76(119)60(34-48-23-25-51(110)26-24-48)100-81(124)65(43-129)105-74(117)58(27-28-66(86)111)99-78(121)62(36-50-39-94-55-20-11-9-18-53(50)55)104-83(126)71(45(3)108)107-79(122)63(37-67(87)112)102-80(123)64(42-128)96-46(4)109/h5-11,15-20,23-26,38-39,44-45,56-65,70-71,93-94,108,110,128-129H,12-14,21-22,27-37,40-43,85H2,1-4H3,(H2,86,111)(H2,87,112)(H2,88,115)(H,91,113)(H,95,116)(H,96,109)(H,97,114)(H,98,120)(H,99,121)(H,100,124)(H,101,119)(H,102,123)(H,103,125)(H,104,126)(H,105,117)(H,106,118)(H,107,122)(H4,89,90,92)/t45-,56-,57+,58+,59+,60+,61+,62+,63+,64+,65+,70+,71+/m1/s1. The minimum absolute atomic E-state index is 0.00792. The van der Waals surface area contributed by atoms with Crippen molar-refractivity contribution >= 4 is 153 Å². The van der Waals surface area contributed by atoms with Crippen molar-refractivity contribution in [2.24, 2.45) is 34.6 Å². The van der Waals surface area contributed by atoms with Crippen LogP contribution in [0.4, 0.5) is 0 Å². The van der Waals surface area contributed by atoms with Crippen LogP contribution in [-0.4, -0.2) is 256 Å². The Bertz CT molecular complexity index is 4880. The molecule has 30 N–H and O–H groups in total. The number of primary amides is 3. The number of aliphatic hydroxyl groups excluding tert-OH is 1. The second-order valence-corrected chi connectivity index (χ2v) is 31.6. The Hall–Kier alpha value is -13.4. The Balaban J connectivity index is 1.25. The van der Waals surface area contributed by atoms with Gasteiger partial charge in [-0.3, -0.25) is 86.9 Å². The first-order valence-electron chi connectivity index (χ1n) is 41.6. The molecule has 0 saturated carbocycles. The SMILES string of the molecule is CC(=O)N[C@@H](CS)C(=O)N[C@@H](CC(N)=O)C(=O)N[C@H](C(=O)N[C@@H](Cc1c[nH]c2ccccc12)C(=O)N[C@@H](CCC(N)=O)C(=O)N[C@@H](CS)C(=O)N[C@@H](Cc1ccc(O)cc1)C(=O)N[C@@H](Cc1c[nH]c2ccccc12)C(=O)N[C@@H](CCCNC(=N)N)C(=O)N[C@H](C(=O)N[C@@H](Cc1ccccc1)C(=O)NCC(=O)NCCOCC(=O)N[C@H](CCCCN)C(N)=O)C(C)C)[C@@H](C)O. The monoisotopic (exact) mass is 1830 g/mol. The molecule has 700 valence electrons. The minimum Gasteiger partial charge on any atom is -0.508 e. The second kappa shape index (κ2) is 53.3. The van der Waals surface area contributed by atoms with Crippen molar-refractivity contribution in [3.63, 3.8) is 0 Å². The number of ether oxygens (including phenoxy) is 1. The number of guanidine groups is 1. The van der Waals surface area contributed by atoms with Crippen LogP contribution in [0.15, 0.2) is 116 Å². The number of hydrogen-bond donors (Lipinski definition) is 27. The number of rotatable bonds is 56. The molecule has 129 heavy (non-hydrogen) atoms. The molecule has 6 rings (SSSR count). The zero-order valence-corrected chi connectivity index (χ0v) is 73.5. The second-order valence-electron chi connectivity index (χ2n) is 30.8. The number of para-hydroxylation sites is 2. The lowest BCUT2D eigenvalue weighted by Gasteiger charge is -2.29. The number of phenolic OH excluding ortho intramolecular Hbond substituents is 1. The van der Waals surface area contributed by atoms with E-state index in [0.717, 1.165) is 13.8 Å². The third-order valence-electron chi connectivity index (χ3n) is 20.2. The van der Waals surface area contributed by atoms with Crippen LogP contribution in [0.25, 0.3) is 21.8 Å². The van der Waals surface area contributed by atoms with Crippen LogP contribution >= 0.6 is 25.3 Å². The third kappa shape index (κ3) is 35.4. The predicted molar refractivity (Wildman–Crippen MR) is 479 cm³/mol. The number of hydrogen-bond acceptors (Lipinski definition) is 24. The van der Waals surface area contributed by atoms with Crippen molar-refractivity contribution in [3.8, 4) is 5.75 Å². The molecule has 13 atom stereocenters. The zero-order chi connectivity index (χ0) is 95.0. The normalized spacial score (nSPS) is 14.1. The molecule has 0 radical (unpaired) electrons. The molecule has 0 fully saturated rings. The lowest BCUT2D eigenvalue weighted by atomic mass is 9.99. The van der Waals surface area contributed by atoms with E-state index in [2.05, 4.69) is 115 Å². The van der Waals surface area contributed by atoms with E-state index in [1.54, 1.807) is 98.9 Å². The van der Waals surface area contributed by atoms with Gasteiger partial charge in [0.2, 0.25) is 100 Å². The third-order valence-corrected chi connectivity index (χ3v) is 20.9. The molecule has 2 heterocycles. The Labute approximate surface area is 753 Å². The lowest BCUT2D eigenvalue weighted by Crippen LogP contribution is -2.62. The largest absolute Gasteiger partial charge is 0.508 e. The number of aromatic nitrogens is 2. The van der Waals surface area contributed by atoms with Crippen molar-refractivity contribution in [1.82, 2.24) is 89.7 Å². The number of benzene rings is 4. The molecule has 0 aliphatic carbocycles. The first kappa shape index (κ1) is 104. The number of carbonyl (C=O) groups is 17. The number of aromatic hydroxyl groups is 1. The van der Waals surface area contributed by atoms with Crippen molar-refractivity contribution in [3.05, 3.63) is 138 Å². The maximum Gasteiger partial charge on any atom is 0.246 e. The molecular formula is C84H117N23O20S2. The summed E-state index contributed by atoms with van der Waals surface area (Å²) in [6.07, 6.45) is -0.543. The summed E-state index contributed by atoms with van der Waals surface area (Å²) in [5, 5.41) is 68.5. The highest BCUT2D eigenvalue weighted by atomic mass is 32.1. The number of amides is 17. The van der Waals surface area contributed by atoms with E-state index in [1.165, 1.54) is 30.5 Å². The molecule has 0 saturated heterocycles. The van der Waals surface area contributed by atoms with Gasteiger partial charge in [0.05, 0.1) is 25.7 Å². The van der Waals surface area contributed by atoms with Gasteiger partial charge < -0.3 is 133 Å². The van der Waals surface area contributed by atoms with Gasteiger partial charge in [-0.1, -0.05) is 92.7 Å². The number of phenols is 1. The smallest absolute Gasteiger partial charge is 0.246 e. The number of H-pyrrole nitrogens is 2. The number of fused-ring (bicyclic) bond motifs is 2. The molecule has 45 heteroatoms. The van der Waals surface area contributed by atoms with Crippen molar-refractivity contribution in [2.45, 2.75) is 183 Å².